The van der Waals surface area contributed by atoms with Crippen molar-refractivity contribution in [2.75, 3.05) is 33.3 Å². The van der Waals surface area contributed by atoms with Crippen molar-refractivity contribution in [3.05, 3.63) is 0 Å². The fraction of sp³-hybridized carbons (Fsp3) is 0.778. The number of amides is 3. The number of piperidine rings is 1. The average molecular weight is 367 g/mol. The smallest absolute Gasteiger partial charge is 0.325 e. The lowest BCUT2D eigenvalue weighted by Gasteiger charge is -2.34. The Bertz CT molecular complexity index is 576. The van der Waals surface area contributed by atoms with E-state index in [-0.39, 0.29) is 48.1 Å². The van der Waals surface area contributed by atoms with Crippen LogP contribution in [-0.4, -0.2) is 72.3 Å². The number of likely N-dealkylation sites (tertiary alicyclic amines) is 2. The van der Waals surface area contributed by atoms with Crippen molar-refractivity contribution in [1.82, 2.24) is 15.1 Å². The minimum atomic E-state index is -0.486. The lowest BCUT2D eigenvalue weighted by molar-refractivity contribution is -0.142. The van der Waals surface area contributed by atoms with Crippen LogP contribution in [0.3, 0.4) is 0 Å². The van der Waals surface area contributed by atoms with Crippen LogP contribution >= 0.6 is 0 Å². The van der Waals surface area contributed by atoms with Crippen LogP contribution in [-0.2, 0) is 23.9 Å². The first-order valence-electron chi connectivity index (χ1n) is 9.07. The highest BCUT2D eigenvalue weighted by Gasteiger charge is 2.41. The first-order chi connectivity index (χ1) is 12.1. The molecular weight excluding hydrogens is 338 g/mol. The van der Waals surface area contributed by atoms with Crippen LogP contribution in [0.1, 0.15) is 40.0 Å². The molecule has 26 heavy (non-hydrogen) atoms. The van der Waals surface area contributed by atoms with E-state index in [1.807, 2.05) is 20.8 Å². The fourth-order valence-corrected chi connectivity index (χ4v) is 3.52. The van der Waals surface area contributed by atoms with Gasteiger partial charge in [-0.15, -0.1) is 0 Å². The molecule has 0 aliphatic carbocycles. The second-order valence-electron chi connectivity index (χ2n) is 7.97. The van der Waals surface area contributed by atoms with Crippen LogP contribution < -0.4 is 5.32 Å². The van der Waals surface area contributed by atoms with E-state index in [1.165, 1.54) is 7.11 Å². The quantitative estimate of drug-likeness (QED) is 0.714. The van der Waals surface area contributed by atoms with Gasteiger partial charge in [0.25, 0.3) is 0 Å². The number of carbonyl (C=O) groups excluding carboxylic acids is 4. The van der Waals surface area contributed by atoms with Crippen molar-refractivity contribution >= 4 is 23.7 Å². The maximum atomic E-state index is 12.7. The molecule has 8 nitrogen and oxygen atoms in total. The normalized spacial score (nSPS) is 21.7. The molecule has 2 saturated heterocycles. The van der Waals surface area contributed by atoms with Gasteiger partial charge in [-0.3, -0.25) is 19.2 Å². The van der Waals surface area contributed by atoms with Crippen molar-refractivity contribution in [3.63, 3.8) is 0 Å². The Morgan fingerprint density at radius 1 is 1.15 bits per heavy atom. The molecule has 2 rings (SSSR count). The van der Waals surface area contributed by atoms with Gasteiger partial charge in [0.1, 0.15) is 6.54 Å². The van der Waals surface area contributed by atoms with Crippen molar-refractivity contribution < 1.29 is 23.9 Å². The van der Waals surface area contributed by atoms with Crippen molar-refractivity contribution in [1.29, 1.82) is 0 Å². The van der Waals surface area contributed by atoms with E-state index >= 15 is 0 Å². The molecule has 0 aromatic rings. The number of ether oxygens (including phenoxy) is 1. The van der Waals surface area contributed by atoms with Gasteiger partial charge >= 0.3 is 5.97 Å². The zero-order chi connectivity index (χ0) is 19.5. The fourth-order valence-electron chi connectivity index (χ4n) is 3.52. The number of carbonyl (C=O) groups is 4. The molecule has 1 unspecified atom stereocenters. The van der Waals surface area contributed by atoms with Crippen LogP contribution in [0.5, 0.6) is 0 Å². The van der Waals surface area contributed by atoms with Gasteiger partial charge in [0, 0.05) is 37.5 Å². The summed E-state index contributed by atoms with van der Waals surface area (Å²) in [6.07, 6.45) is 1.38. The monoisotopic (exact) mass is 367 g/mol. The number of nitrogens with one attached hydrogen (secondary N) is 1. The first-order valence-corrected chi connectivity index (χ1v) is 9.07. The van der Waals surface area contributed by atoms with Crippen LogP contribution in [0, 0.1) is 11.8 Å². The summed E-state index contributed by atoms with van der Waals surface area (Å²) in [5.74, 6) is -1.16. The van der Waals surface area contributed by atoms with E-state index in [4.69, 9.17) is 0 Å². The maximum Gasteiger partial charge on any atom is 0.325 e. The lowest BCUT2D eigenvalue weighted by atomic mass is 9.94. The summed E-state index contributed by atoms with van der Waals surface area (Å²) in [6.45, 7) is 7.22. The van der Waals surface area contributed by atoms with E-state index < -0.39 is 5.97 Å². The molecule has 0 saturated carbocycles. The molecule has 0 radical (unpaired) electrons. The molecule has 0 aromatic heterocycles. The predicted molar refractivity (Wildman–Crippen MR) is 93.9 cm³/mol. The maximum absolute atomic E-state index is 12.7. The highest BCUT2D eigenvalue weighted by Crippen LogP contribution is 2.28. The Morgan fingerprint density at radius 2 is 1.77 bits per heavy atom. The number of hydrogen-bond donors (Lipinski definition) is 1. The minimum Gasteiger partial charge on any atom is -0.468 e. The minimum absolute atomic E-state index is 0.00137. The van der Waals surface area contributed by atoms with E-state index in [0.29, 0.717) is 32.5 Å². The summed E-state index contributed by atoms with van der Waals surface area (Å²) in [5.41, 5.74) is -0.281. The van der Waals surface area contributed by atoms with Gasteiger partial charge in [0.05, 0.1) is 13.0 Å². The van der Waals surface area contributed by atoms with Crippen molar-refractivity contribution in [2.45, 2.75) is 45.6 Å². The summed E-state index contributed by atoms with van der Waals surface area (Å²) in [7, 11) is 1.27. The Kier molecular flexibility index (Phi) is 6.26. The molecule has 3 amide bonds. The molecule has 0 aromatic carbocycles. The summed E-state index contributed by atoms with van der Waals surface area (Å²) >= 11 is 0. The molecule has 2 fully saturated rings. The molecule has 1 N–H and O–H groups in total. The number of methoxy groups -OCH3 is 1. The van der Waals surface area contributed by atoms with Crippen LogP contribution in [0.2, 0.25) is 0 Å². The molecule has 146 valence electrons. The number of hydrogen-bond acceptors (Lipinski definition) is 5. The average Bonchev–Trinajstić information content (AvgIpc) is 3.01. The predicted octanol–water partition coefficient (Wildman–Crippen LogP) is 0.161. The molecule has 0 bridgehead atoms. The highest BCUT2D eigenvalue weighted by molar-refractivity contribution is 5.90. The second-order valence-corrected chi connectivity index (χ2v) is 7.97. The summed E-state index contributed by atoms with van der Waals surface area (Å²) in [5, 5.41) is 2.56. The van der Waals surface area contributed by atoms with E-state index in [2.05, 4.69) is 10.1 Å². The van der Waals surface area contributed by atoms with Gasteiger partial charge in [-0.05, 0) is 33.6 Å². The highest BCUT2D eigenvalue weighted by atomic mass is 16.5. The molecule has 2 aliphatic rings. The SMILES string of the molecule is COC(=O)CNC(=O)C1CCN(C(=O)C2CC(=O)N(C(C)(C)C)C2)CC1. The van der Waals surface area contributed by atoms with Gasteiger partial charge in [-0.1, -0.05) is 0 Å². The van der Waals surface area contributed by atoms with E-state index in [9.17, 15) is 19.2 Å². The number of esters is 1. The third kappa shape index (κ3) is 4.74. The molecular formula is C18H29N3O5. The Morgan fingerprint density at radius 3 is 2.27 bits per heavy atom. The standard InChI is InChI=1S/C18H29N3O5/c1-18(2,3)21-11-13(9-14(21)22)17(25)20-7-5-12(6-8-20)16(24)19-10-15(23)26-4/h12-13H,5-11H2,1-4H3,(H,19,24). The van der Waals surface area contributed by atoms with Crippen LogP contribution in [0.15, 0.2) is 0 Å². The molecule has 8 heteroatoms. The van der Waals surface area contributed by atoms with Gasteiger partial charge in [-0.2, -0.15) is 0 Å². The third-order valence-corrected chi connectivity index (χ3v) is 5.10. The Labute approximate surface area is 154 Å². The molecule has 2 heterocycles. The topological polar surface area (TPSA) is 96.0 Å². The molecule has 0 spiro atoms. The number of rotatable bonds is 4. The Balaban J connectivity index is 1.82. The summed E-state index contributed by atoms with van der Waals surface area (Å²) in [4.78, 5) is 51.6. The zero-order valence-electron chi connectivity index (χ0n) is 16.0. The van der Waals surface area contributed by atoms with E-state index in [1.54, 1.807) is 9.80 Å². The van der Waals surface area contributed by atoms with Gasteiger partial charge in [0.15, 0.2) is 0 Å². The third-order valence-electron chi connectivity index (χ3n) is 5.10. The number of nitrogens with zero attached hydrogens (tertiary/aromatic N) is 2. The zero-order valence-corrected chi connectivity index (χ0v) is 16.0. The first kappa shape index (κ1) is 20.2. The van der Waals surface area contributed by atoms with Crippen LogP contribution in [0.25, 0.3) is 0 Å². The molecule has 1 atom stereocenters. The lowest BCUT2D eigenvalue weighted by Crippen LogP contribution is -2.47. The van der Waals surface area contributed by atoms with Crippen molar-refractivity contribution in [3.8, 4) is 0 Å². The van der Waals surface area contributed by atoms with Gasteiger partial charge in [-0.25, -0.2) is 0 Å². The van der Waals surface area contributed by atoms with Crippen LogP contribution in [0.4, 0.5) is 0 Å². The summed E-state index contributed by atoms with van der Waals surface area (Å²) < 4.78 is 4.50. The van der Waals surface area contributed by atoms with Gasteiger partial charge in [0.2, 0.25) is 17.7 Å². The van der Waals surface area contributed by atoms with Gasteiger partial charge < -0.3 is 19.9 Å². The summed E-state index contributed by atoms with van der Waals surface area (Å²) in [6, 6.07) is 0. The molecule has 2 aliphatic heterocycles. The van der Waals surface area contributed by atoms with Crippen molar-refractivity contribution in [2.24, 2.45) is 11.8 Å². The second kappa shape index (κ2) is 8.05. The van der Waals surface area contributed by atoms with E-state index in [0.717, 1.165) is 0 Å². The Hall–Kier alpha value is -2.12. The largest absolute Gasteiger partial charge is 0.468 e.